The largest absolute Gasteiger partial charge is 0.381 e. The molecule has 2 aromatic rings. The molecular formula is C15H15Br2N. The Labute approximate surface area is 125 Å². The average molecular weight is 369 g/mol. The van der Waals surface area contributed by atoms with Gasteiger partial charge in [0.2, 0.25) is 0 Å². The van der Waals surface area contributed by atoms with E-state index in [-0.39, 0.29) is 0 Å². The lowest BCUT2D eigenvalue weighted by atomic mass is 10.1. The summed E-state index contributed by atoms with van der Waals surface area (Å²) in [6.07, 6.45) is 0. The Bertz CT molecular complexity index is 541. The zero-order valence-electron chi connectivity index (χ0n) is 10.4. The normalized spacial score (nSPS) is 10.4. The maximum atomic E-state index is 3.59. The van der Waals surface area contributed by atoms with Gasteiger partial charge in [-0.2, -0.15) is 0 Å². The van der Waals surface area contributed by atoms with E-state index in [1.54, 1.807) is 0 Å². The summed E-state index contributed by atoms with van der Waals surface area (Å²) in [5, 5.41) is 3.46. The summed E-state index contributed by atoms with van der Waals surface area (Å²) < 4.78 is 2.33. The number of rotatable bonds is 3. The van der Waals surface area contributed by atoms with E-state index in [2.05, 4.69) is 81.4 Å². The third-order valence-electron chi connectivity index (χ3n) is 2.88. The summed E-state index contributed by atoms with van der Waals surface area (Å²) >= 11 is 7.15. The van der Waals surface area contributed by atoms with E-state index in [4.69, 9.17) is 0 Å². The molecule has 94 valence electrons. The summed E-state index contributed by atoms with van der Waals surface area (Å²) in [7, 11) is 0. The van der Waals surface area contributed by atoms with Crippen LogP contribution in [0.15, 0.2) is 45.3 Å². The van der Waals surface area contributed by atoms with Gasteiger partial charge in [0.05, 0.1) is 0 Å². The third kappa shape index (κ3) is 3.15. The third-order valence-corrected chi connectivity index (χ3v) is 4.90. The van der Waals surface area contributed by atoms with Crippen LogP contribution in [0.4, 0.5) is 5.69 Å². The molecule has 0 saturated carbocycles. The molecule has 0 atom stereocenters. The van der Waals surface area contributed by atoms with Crippen molar-refractivity contribution in [3.8, 4) is 0 Å². The van der Waals surface area contributed by atoms with Gasteiger partial charge >= 0.3 is 0 Å². The van der Waals surface area contributed by atoms with Crippen LogP contribution in [0.5, 0.6) is 0 Å². The van der Waals surface area contributed by atoms with Crippen LogP contribution in [0.3, 0.4) is 0 Å². The van der Waals surface area contributed by atoms with Crippen LogP contribution in [0.25, 0.3) is 0 Å². The number of hydrogen-bond donors (Lipinski definition) is 1. The maximum Gasteiger partial charge on any atom is 0.0411 e. The molecule has 0 fully saturated rings. The van der Waals surface area contributed by atoms with Gasteiger partial charge in [-0.1, -0.05) is 50.1 Å². The SMILES string of the molecule is Cc1cc(NCc2ccccc2Br)cc(C)c1Br. The van der Waals surface area contributed by atoms with Gasteiger partial charge in [-0.3, -0.25) is 0 Å². The molecule has 18 heavy (non-hydrogen) atoms. The molecule has 0 aliphatic rings. The Morgan fingerprint density at radius 3 is 2.22 bits per heavy atom. The van der Waals surface area contributed by atoms with Crippen molar-refractivity contribution in [2.24, 2.45) is 0 Å². The first-order chi connectivity index (χ1) is 8.58. The van der Waals surface area contributed by atoms with Crippen LogP contribution in [0.1, 0.15) is 16.7 Å². The number of anilines is 1. The van der Waals surface area contributed by atoms with Crippen molar-refractivity contribution in [1.82, 2.24) is 0 Å². The minimum absolute atomic E-state index is 0.821. The lowest BCUT2D eigenvalue weighted by Gasteiger charge is -2.11. The summed E-state index contributed by atoms with van der Waals surface area (Å²) in [5.74, 6) is 0. The molecule has 0 saturated heterocycles. The number of benzene rings is 2. The van der Waals surface area contributed by atoms with Crippen molar-refractivity contribution in [3.05, 3.63) is 62.0 Å². The molecule has 0 bridgehead atoms. The van der Waals surface area contributed by atoms with E-state index in [1.807, 2.05) is 6.07 Å². The van der Waals surface area contributed by atoms with Crippen molar-refractivity contribution in [2.75, 3.05) is 5.32 Å². The van der Waals surface area contributed by atoms with Crippen LogP contribution in [0, 0.1) is 13.8 Å². The van der Waals surface area contributed by atoms with Crippen LogP contribution in [0.2, 0.25) is 0 Å². The first-order valence-electron chi connectivity index (χ1n) is 5.82. The predicted octanol–water partition coefficient (Wildman–Crippen LogP) is 5.44. The maximum absolute atomic E-state index is 3.59. The van der Waals surface area contributed by atoms with Gasteiger partial charge in [-0.05, 0) is 48.7 Å². The minimum atomic E-state index is 0.821. The van der Waals surface area contributed by atoms with E-state index in [0.717, 1.165) is 16.7 Å². The Kier molecular flexibility index (Phi) is 4.46. The van der Waals surface area contributed by atoms with Gasteiger partial charge in [-0.15, -0.1) is 0 Å². The zero-order valence-corrected chi connectivity index (χ0v) is 13.6. The number of nitrogens with one attached hydrogen (secondary N) is 1. The summed E-state index contributed by atoms with van der Waals surface area (Å²) in [5.41, 5.74) is 4.92. The molecule has 0 unspecified atom stereocenters. The lowest BCUT2D eigenvalue weighted by Crippen LogP contribution is -2.01. The molecule has 1 N–H and O–H groups in total. The zero-order chi connectivity index (χ0) is 13.1. The molecule has 0 heterocycles. The van der Waals surface area contributed by atoms with E-state index in [9.17, 15) is 0 Å². The van der Waals surface area contributed by atoms with Crippen molar-refractivity contribution in [3.63, 3.8) is 0 Å². The van der Waals surface area contributed by atoms with E-state index < -0.39 is 0 Å². The van der Waals surface area contributed by atoms with Crippen molar-refractivity contribution in [2.45, 2.75) is 20.4 Å². The smallest absolute Gasteiger partial charge is 0.0411 e. The van der Waals surface area contributed by atoms with Gasteiger partial charge in [0, 0.05) is 21.2 Å². The van der Waals surface area contributed by atoms with Crippen molar-refractivity contribution in [1.29, 1.82) is 0 Å². The molecule has 0 amide bonds. The van der Waals surface area contributed by atoms with Crippen LogP contribution in [-0.2, 0) is 6.54 Å². The molecule has 2 rings (SSSR count). The molecule has 0 aromatic heterocycles. The average Bonchev–Trinajstić information content (AvgIpc) is 2.35. The molecule has 0 aliphatic carbocycles. The summed E-state index contributed by atoms with van der Waals surface area (Å²) in [6, 6.07) is 12.6. The second-order valence-corrected chi connectivity index (χ2v) is 6.02. The Morgan fingerprint density at radius 2 is 1.61 bits per heavy atom. The van der Waals surface area contributed by atoms with Crippen LogP contribution in [-0.4, -0.2) is 0 Å². The predicted molar refractivity (Wildman–Crippen MR) is 85.1 cm³/mol. The highest BCUT2D eigenvalue weighted by atomic mass is 79.9. The number of aryl methyl sites for hydroxylation is 2. The highest BCUT2D eigenvalue weighted by Gasteiger charge is 2.03. The second kappa shape index (κ2) is 5.89. The van der Waals surface area contributed by atoms with E-state index in [0.29, 0.717) is 0 Å². The van der Waals surface area contributed by atoms with Crippen LogP contribution < -0.4 is 5.32 Å². The van der Waals surface area contributed by atoms with Gasteiger partial charge < -0.3 is 5.32 Å². The van der Waals surface area contributed by atoms with Gasteiger partial charge in [0.1, 0.15) is 0 Å². The summed E-state index contributed by atoms with van der Waals surface area (Å²) in [6.45, 7) is 5.04. The molecule has 0 aliphatic heterocycles. The second-order valence-electron chi connectivity index (χ2n) is 4.37. The molecule has 0 radical (unpaired) electrons. The van der Waals surface area contributed by atoms with Crippen LogP contribution >= 0.6 is 31.9 Å². The standard InChI is InChI=1S/C15H15Br2N/c1-10-7-13(8-11(2)15(10)17)18-9-12-5-3-4-6-14(12)16/h3-8,18H,9H2,1-2H3. The first kappa shape index (κ1) is 13.6. The Morgan fingerprint density at radius 1 is 1.00 bits per heavy atom. The molecule has 0 spiro atoms. The Balaban J connectivity index is 2.14. The highest BCUT2D eigenvalue weighted by Crippen LogP contribution is 2.25. The fourth-order valence-electron chi connectivity index (χ4n) is 1.89. The van der Waals surface area contributed by atoms with Crippen molar-refractivity contribution >= 4 is 37.5 Å². The van der Waals surface area contributed by atoms with Crippen molar-refractivity contribution < 1.29 is 0 Å². The van der Waals surface area contributed by atoms with Gasteiger partial charge in [0.25, 0.3) is 0 Å². The topological polar surface area (TPSA) is 12.0 Å². The molecule has 2 aromatic carbocycles. The monoisotopic (exact) mass is 367 g/mol. The number of halogens is 2. The fraction of sp³-hybridized carbons (Fsp3) is 0.200. The van der Waals surface area contributed by atoms with Gasteiger partial charge in [0.15, 0.2) is 0 Å². The van der Waals surface area contributed by atoms with Gasteiger partial charge in [-0.25, -0.2) is 0 Å². The molecule has 3 heteroatoms. The molecular weight excluding hydrogens is 354 g/mol. The van der Waals surface area contributed by atoms with E-state index in [1.165, 1.54) is 21.2 Å². The molecule has 1 nitrogen and oxygen atoms in total. The highest BCUT2D eigenvalue weighted by molar-refractivity contribution is 9.10. The fourth-order valence-corrected chi connectivity index (χ4v) is 2.54. The first-order valence-corrected chi connectivity index (χ1v) is 7.40. The Hall–Kier alpha value is -0.800. The number of hydrogen-bond acceptors (Lipinski definition) is 1. The lowest BCUT2D eigenvalue weighted by molar-refractivity contribution is 1.13. The summed E-state index contributed by atoms with van der Waals surface area (Å²) in [4.78, 5) is 0. The quantitative estimate of drug-likeness (QED) is 0.760. The minimum Gasteiger partial charge on any atom is -0.381 e. The van der Waals surface area contributed by atoms with E-state index >= 15 is 0 Å².